The molecule has 0 saturated carbocycles. The minimum absolute atomic E-state index is 0.0243. The summed E-state index contributed by atoms with van der Waals surface area (Å²) in [6.07, 6.45) is 0. The standard InChI is InChI=1S/C15H10FNO2/c1-9-4-2-5-10(8-9)14-15(18)13-11(16)6-3-7-12(13)17(14)19/h2-8H,1H3. The molecule has 0 aliphatic carbocycles. The van der Waals surface area contributed by atoms with Gasteiger partial charge in [0.1, 0.15) is 11.4 Å². The van der Waals surface area contributed by atoms with Crippen LogP contribution < -0.4 is 0 Å². The molecule has 1 aliphatic heterocycles. The molecule has 94 valence electrons. The summed E-state index contributed by atoms with van der Waals surface area (Å²) in [5, 5.41) is 12.2. The highest BCUT2D eigenvalue weighted by molar-refractivity contribution is 6.52. The molecule has 0 unspecified atom stereocenters. The number of carbonyl (C=O) groups is 1. The molecular formula is C15H10FNO2. The average Bonchev–Trinajstić information content (AvgIpc) is 2.63. The Morgan fingerprint density at radius 2 is 1.89 bits per heavy atom. The second-order valence-corrected chi connectivity index (χ2v) is 4.48. The topological polar surface area (TPSA) is 43.1 Å². The van der Waals surface area contributed by atoms with Crippen LogP contribution in [0.2, 0.25) is 0 Å². The first-order valence-electron chi connectivity index (χ1n) is 5.84. The number of carbonyl (C=O) groups excluding carboxylic acids is 1. The van der Waals surface area contributed by atoms with Gasteiger partial charge in [-0.25, -0.2) is 4.39 Å². The van der Waals surface area contributed by atoms with Gasteiger partial charge in [0, 0.05) is 6.07 Å². The number of ketones is 1. The molecule has 0 atom stereocenters. The van der Waals surface area contributed by atoms with E-state index in [1.807, 2.05) is 13.0 Å². The second-order valence-electron chi connectivity index (χ2n) is 4.48. The van der Waals surface area contributed by atoms with Crippen molar-refractivity contribution < 1.29 is 13.9 Å². The molecule has 3 rings (SSSR count). The van der Waals surface area contributed by atoms with Gasteiger partial charge in [0.25, 0.3) is 11.5 Å². The zero-order chi connectivity index (χ0) is 13.6. The molecule has 0 bridgehead atoms. The number of hydrogen-bond donors (Lipinski definition) is 0. The lowest BCUT2D eigenvalue weighted by Gasteiger charge is -2.02. The maximum Gasteiger partial charge on any atom is 0.273 e. The van der Waals surface area contributed by atoms with Crippen molar-refractivity contribution in [2.24, 2.45) is 0 Å². The molecule has 19 heavy (non-hydrogen) atoms. The van der Waals surface area contributed by atoms with Crippen molar-refractivity contribution in [1.29, 1.82) is 0 Å². The number of Topliss-reactive ketones (excluding diaryl/α,β-unsaturated/α-hetero) is 1. The molecule has 2 aromatic carbocycles. The fraction of sp³-hybridized carbons (Fsp3) is 0.0667. The zero-order valence-corrected chi connectivity index (χ0v) is 10.2. The number of aryl methyl sites for hydroxylation is 1. The third-order valence-electron chi connectivity index (χ3n) is 3.15. The fourth-order valence-electron chi connectivity index (χ4n) is 2.28. The van der Waals surface area contributed by atoms with Crippen LogP contribution in [0.25, 0.3) is 0 Å². The number of fused-ring (bicyclic) bond motifs is 1. The van der Waals surface area contributed by atoms with Crippen molar-refractivity contribution >= 4 is 17.2 Å². The normalized spacial score (nSPS) is 13.9. The summed E-state index contributed by atoms with van der Waals surface area (Å²) in [4.78, 5) is 12.2. The first-order valence-corrected chi connectivity index (χ1v) is 5.84. The minimum Gasteiger partial charge on any atom is -0.618 e. The van der Waals surface area contributed by atoms with E-state index in [2.05, 4.69) is 0 Å². The number of nitrogens with zero attached hydrogens (tertiary/aromatic N) is 1. The Kier molecular flexibility index (Phi) is 2.45. The van der Waals surface area contributed by atoms with Gasteiger partial charge < -0.3 is 5.21 Å². The van der Waals surface area contributed by atoms with Crippen molar-refractivity contribution in [3.8, 4) is 0 Å². The molecule has 2 aromatic rings. The van der Waals surface area contributed by atoms with Gasteiger partial charge in [-0.3, -0.25) is 4.79 Å². The van der Waals surface area contributed by atoms with Gasteiger partial charge in [0.15, 0.2) is 0 Å². The van der Waals surface area contributed by atoms with Crippen molar-refractivity contribution in [3.63, 3.8) is 0 Å². The first-order chi connectivity index (χ1) is 9.09. The summed E-state index contributed by atoms with van der Waals surface area (Å²) < 4.78 is 14.2. The van der Waals surface area contributed by atoms with Crippen molar-refractivity contribution in [1.82, 2.24) is 0 Å². The van der Waals surface area contributed by atoms with Crippen LogP contribution in [0.3, 0.4) is 0 Å². The van der Waals surface area contributed by atoms with Crippen LogP contribution in [-0.2, 0) is 0 Å². The SMILES string of the molecule is Cc1cccc(C2=[N+]([O-])c3cccc(F)c3C2=O)c1. The van der Waals surface area contributed by atoms with E-state index in [1.165, 1.54) is 18.2 Å². The number of benzene rings is 2. The minimum atomic E-state index is -0.661. The lowest BCUT2D eigenvalue weighted by molar-refractivity contribution is -0.355. The molecule has 3 nitrogen and oxygen atoms in total. The molecular weight excluding hydrogens is 245 g/mol. The summed E-state index contributed by atoms with van der Waals surface area (Å²) in [5.74, 6) is -1.22. The molecule has 0 spiro atoms. The van der Waals surface area contributed by atoms with Gasteiger partial charge in [-0.15, -0.1) is 0 Å². The van der Waals surface area contributed by atoms with Crippen LogP contribution in [0.5, 0.6) is 0 Å². The molecule has 1 aliphatic rings. The Balaban J connectivity index is 2.23. The third-order valence-corrected chi connectivity index (χ3v) is 3.15. The van der Waals surface area contributed by atoms with Crippen LogP contribution in [0.1, 0.15) is 21.5 Å². The van der Waals surface area contributed by atoms with Crippen molar-refractivity contribution in [2.75, 3.05) is 0 Å². The van der Waals surface area contributed by atoms with Gasteiger partial charge in [-0.1, -0.05) is 23.8 Å². The Morgan fingerprint density at radius 1 is 1.16 bits per heavy atom. The van der Waals surface area contributed by atoms with E-state index in [1.54, 1.807) is 18.2 Å². The summed E-state index contributed by atoms with van der Waals surface area (Å²) in [6.45, 7) is 1.87. The van der Waals surface area contributed by atoms with Crippen LogP contribution >= 0.6 is 0 Å². The molecule has 0 N–H and O–H groups in total. The number of rotatable bonds is 1. The lowest BCUT2D eigenvalue weighted by atomic mass is 10.0. The van der Waals surface area contributed by atoms with Gasteiger partial charge in [-0.05, 0) is 25.1 Å². The van der Waals surface area contributed by atoms with Gasteiger partial charge in [-0.2, -0.15) is 4.74 Å². The Morgan fingerprint density at radius 3 is 2.58 bits per heavy atom. The quantitative estimate of drug-likeness (QED) is 0.580. The maximum absolute atomic E-state index is 13.7. The second kappa shape index (κ2) is 4.02. The highest BCUT2D eigenvalue weighted by Crippen LogP contribution is 2.30. The predicted molar refractivity (Wildman–Crippen MR) is 69.3 cm³/mol. The van der Waals surface area contributed by atoms with Gasteiger partial charge >= 0.3 is 0 Å². The summed E-state index contributed by atoms with van der Waals surface area (Å²) in [7, 11) is 0. The molecule has 0 saturated heterocycles. The van der Waals surface area contributed by atoms with E-state index in [0.29, 0.717) is 10.3 Å². The number of halogens is 1. The van der Waals surface area contributed by atoms with E-state index in [-0.39, 0.29) is 17.0 Å². The van der Waals surface area contributed by atoms with E-state index >= 15 is 0 Å². The monoisotopic (exact) mass is 255 g/mol. The molecule has 0 fully saturated rings. The molecule has 4 heteroatoms. The smallest absolute Gasteiger partial charge is 0.273 e. The molecule has 0 radical (unpaired) electrons. The Hall–Kier alpha value is -2.49. The van der Waals surface area contributed by atoms with Gasteiger partial charge in [0.2, 0.25) is 5.69 Å². The molecule has 1 heterocycles. The summed E-state index contributed by atoms with van der Waals surface area (Å²) in [6, 6.07) is 11.1. The Labute approximate surface area is 109 Å². The Bertz CT molecular complexity index is 735. The van der Waals surface area contributed by atoms with E-state index < -0.39 is 11.6 Å². The van der Waals surface area contributed by atoms with E-state index in [9.17, 15) is 14.4 Å². The first kappa shape index (κ1) is 11.6. The van der Waals surface area contributed by atoms with Crippen LogP contribution in [0.4, 0.5) is 10.1 Å². The van der Waals surface area contributed by atoms with E-state index in [0.717, 1.165) is 5.56 Å². The highest BCUT2D eigenvalue weighted by Gasteiger charge is 2.38. The molecule has 0 amide bonds. The van der Waals surface area contributed by atoms with Crippen molar-refractivity contribution in [2.45, 2.75) is 6.92 Å². The van der Waals surface area contributed by atoms with E-state index in [4.69, 9.17) is 0 Å². The maximum atomic E-state index is 13.7. The van der Waals surface area contributed by atoms with Crippen molar-refractivity contribution in [3.05, 3.63) is 70.2 Å². The summed E-state index contributed by atoms with van der Waals surface area (Å²) >= 11 is 0. The van der Waals surface area contributed by atoms with Crippen LogP contribution in [0, 0.1) is 17.9 Å². The molecule has 0 aromatic heterocycles. The average molecular weight is 255 g/mol. The lowest BCUT2D eigenvalue weighted by Crippen LogP contribution is -2.17. The zero-order valence-electron chi connectivity index (χ0n) is 10.2. The summed E-state index contributed by atoms with van der Waals surface area (Å²) in [5.41, 5.74) is 1.34. The predicted octanol–water partition coefficient (Wildman–Crippen LogP) is 2.96. The largest absolute Gasteiger partial charge is 0.618 e. The highest BCUT2D eigenvalue weighted by atomic mass is 19.1. The van der Waals surface area contributed by atoms with Crippen LogP contribution in [-0.4, -0.2) is 16.2 Å². The number of hydrogen-bond acceptors (Lipinski definition) is 2. The third kappa shape index (κ3) is 1.64. The fourth-order valence-corrected chi connectivity index (χ4v) is 2.28. The van der Waals surface area contributed by atoms with Gasteiger partial charge in [0.05, 0.1) is 5.56 Å². The van der Waals surface area contributed by atoms with Crippen LogP contribution in [0.15, 0.2) is 42.5 Å².